The van der Waals surface area contributed by atoms with E-state index in [1.54, 1.807) is 18.2 Å². The average molecular weight is 397 g/mol. The van der Waals surface area contributed by atoms with Gasteiger partial charge < -0.3 is 0 Å². The highest BCUT2D eigenvalue weighted by Crippen LogP contribution is 2.22. The summed E-state index contributed by atoms with van der Waals surface area (Å²) in [5.74, 6) is -0.665. The van der Waals surface area contributed by atoms with E-state index in [9.17, 15) is 13.2 Å². The van der Waals surface area contributed by atoms with Gasteiger partial charge in [-0.25, -0.2) is 8.42 Å². The maximum Gasteiger partial charge on any atom is 0.281 e. The maximum absolute atomic E-state index is 12.4. The number of hydrogen-bond acceptors (Lipinski definition) is 5. The van der Waals surface area contributed by atoms with E-state index in [0.717, 1.165) is 10.9 Å². The van der Waals surface area contributed by atoms with Gasteiger partial charge in [-0.3, -0.25) is 9.52 Å². The predicted molar refractivity (Wildman–Crippen MR) is 93.5 cm³/mol. The van der Waals surface area contributed by atoms with Gasteiger partial charge in [0.15, 0.2) is 5.82 Å². The first-order valence-corrected chi connectivity index (χ1v) is 9.11. The zero-order chi connectivity index (χ0) is 18.0. The first-order valence-electron chi connectivity index (χ1n) is 6.87. The van der Waals surface area contributed by atoms with Crippen molar-refractivity contribution in [2.75, 3.05) is 4.72 Å². The Kier molecular flexibility index (Phi) is 4.76. The van der Waals surface area contributed by atoms with Crippen LogP contribution in [0.25, 0.3) is 0 Å². The second-order valence-corrected chi connectivity index (χ2v) is 7.42. The molecule has 3 rings (SSSR count). The lowest BCUT2D eigenvalue weighted by Gasteiger charge is -2.04. The number of benzene rings is 2. The van der Waals surface area contributed by atoms with Crippen LogP contribution in [0.1, 0.15) is 10.4 Å². The summed E-state index contributed by atoms with van der Waals surface area (Å²) in [6.07, 6.45) is 1.16. The molecule has 0 saturated carbocycles. The van der Waals surface area contributed by atoms with Gasteiger partial charge in [0.05, 0.1) is 21.7 Å². The molecule has 1 heterocycles. The molecular weight excluding hydrogens is 387 g/mol. The van der Waals surface area contributed by atoms with Gasteiger partial charge in [-0.2, -0.15) is 4.68 Å². The largest absolute Gasteiger partial charge is 0.281 e. The number of nitrogens with one attached hydrogen (secondary N) is 1. The van der Waals surface area contributed by atoms with Crippen molar-refractivity contribution in [1.82, 2.24) is 15.0 Å². The standard InChI is InChI=1S/C15H10Cl2N4O3S/c16-10-6-7-12(13(17)8-10)15(22)21-9-14(18-20-21)19-25(23,24)11-4-2-1-3-5-11/h1-9,19H. The maximum atomic E-state index is 12.4. The molecule has 0 spiro atoms. The molecule has 0 aliphatic carbocycles. The average Bonchev–Trinajstić information content (AvgIpc) is 3.03. The fraction of sp³-hybridized carbons (Fsp3) is 0. The molecule has 0 saturated heterocycles. The molecule has 3 aromatic rings. The van der Waals surface area contributed by atoms with Crippen LogP contribution >= 0.6 is 23.2 Å². The van der Waals surface area contributed by atoms with Gasteiger partial charge in [-0.1, -0.05) is 46.6 Å². The van der Waals surface area contributed by atoms with Gasteiger partial charge in [0, 0.05) is 5.02 Å². The predicted octanol–water partition coefficient (Wildman–Crippen LogP) is 3.07. The number of hydrogen-bond donors (Lipinski definition) is 1. The Morgan fingerprint density at radius 3 is 2.48 bits per heavy atom. The van der Waals surface area contributed by atoms with Gasteiger partial charge in [-0.05, 0) is 30.3 Å². The molecule has 25 heavy (non-hydrogen) atoms. The van der Waals surface area contributed by atoms with E-state index in [0.29, 0.717) is 5.02 Å². The minimum absolute atomic E-state index is 0.0663. The summed E-state index contributed by atoms with van der Waals surface area (Å²) in [6.45, 7) is 0. The fourth-order valence-corrected chi connectivity index (χ4v) is 3.48. The van der Waals surface area contributed by atoms with Crippen LogP contribution in [0.15, 0.2) is 59.6 Å². The first kappa shape index (κ1) is 17.4. The van der Waals surface area contributed by atoms with Gasteiger partial charge in [0.25, 0.3) is 15.9 Å². The van der Waals surface area contributed by atoms with Crippen LogP contribution in [0.5, 0.6) is 0 Å². The number of nitrogens with zero attached hydrogens (tertiary/aromatic N) is 3. The third-order valence-electron chi connectivity index (χ3n) is 3.16. The second kappa shape index (κ2) is 6.83. The Bertz CT molecular complexity index is 1040. The quantitative estimate of drug-likeness (QED) is 0.730. The minimum Gasteiger partial charge on any atom is -0.267 e. The molecule has 0 amide bonds. The van der Waals surface area contributed by atoms with E-state index >= 15 is 0 Å². The van der Waals surface area contributed by atoms with Crippen molar-refractivity contribution in [2.24, 2.45) is 0 Å². The van der Waals surface area contributed by atoms with Crippen LogP contribution in [-0.2, 0) is 10.0 Å². The number of sulfonamides is 1. The van der Waals surface area contributed by atoms with Crippen molar-refractivity contribution in [3.8, 4) is 0 Å². The highest BCUT2D eigenvalue weighted by Gasteiger charge is 2.18. The number of carbonyl (C=O) groups is 1. The van der Waals surface area contributed by atoms with Crippen molar-refractivity contribution in [3.63, 3.8) is 0 Å². The lowest BCUT2D eigenvalue weighted by molar-refractivity contribution is 0.0943. The van der Waals surface area contributed by atoms with Crippen LogP contribution in [0, 0.1) is 0 Å². The summed E-state index contributed by atoms with van der Waals surface area (Å²) in [5, 5.41) is 7.82. The normalized spacial score (nSPS) is 11.3. The molecule has 0 bridgehead atoms. The van der Waals surface area contributed by atoms with Crippen molar-refractivity contribution >= 4 is 45.0 Å². The molecule has 0 radical (unpaired) electrons. The van der Waals surface area contributed by atoms with Crippen molar-refractivity contribution < 1.29 is 13.2 Å². The number of aromatic nitrogens is 3. The Morgan fingerprint density at radius 1 is 1.08 bits per heavy atom. The smallest absolute Gasteiger partial charge is 0.267 e. The van der Waals surface area contributed by atoms with E-state index in [1.165, 1.54) is 30.3 Å². The molecule has 2 aromatic carbocycles. The van der Waals surface area contributed by atoms with Crippen molar-refractivity contribution in [1.29, 1.82) is 0 Å². The molecule has 10 heteroatoms. The number of halogens is 2. The van der Waals surface area contributed by atoms with Crippen molar-refractivity contribution in [3.05, 3.63) is 70.3 Å². The lowest BCUT2D eigenvalue weighted by Crippen LogP contribution is -2.14. The molecule has 0 atom stereocenters. The molecule has 0 unspecified atom stereocenters. The Hall–Kier alpha value is -2.42. The van der Waals surface area contributed by atoms with E-state index < -0.39 is 15.9 Å². The molecule has 7 nitrogen and oxygen atoms in total. The van der Waals surface area contributed by atoms with Crippen LogP contribution < -0.4 is 4.72 Å². The summed E-state index contributed by atoms with van der Waals surface area (Å²) in [7, 11) is -3.82. The zero-order valence-corrected chi connectivity index (χ0v) is 14.8. The second-order valence-electron chi connectivity index (χ2n) is 4.90. The Balaban J connectivity index is 1.84. The van der Waals surface area contributed by atoms with Gasteiger partial charge in [0.2, 0.25) is 0 Å². The van der Waals surface area contributed by atoms with Crippen LogP contribution in [-0.4, -0.2) is 29.3 Å². The van der Waals surface area contributed by atoms with Crippen LogP contribution in [0.3, 0.4) is 0 Å². The number of carbonyl (C=O) groups excluding carboxylic acids is 1. The van der Waals surface area contributed by atoms with E-state index in [-0.39, 0.29) is 21.3 Å². The first-order chi connectivity index (χ1) is 11.9. The lowest BCUT2D eigenvalue weighted by atomic mass is 10.2. The summed E-state index contributed by atoms with van der Waals surface area (Å²) in [4.78, 5) is 12.4. The summed E-state index contributed by atoms with van der Waals surface area (Å²) in [5.41, 5.74) is 0.161. The number of rotatable bonds is 4. The Labute approximate surface area is 153 Å². The zero-order valence-electron chi connectivity index (χ0n) is 12.4. The number of anilines is 1. The topological polar surface area (TPSA) is 94.0 Å². The van der Waals surface area contributed by atoms with Gasteiger partial charge in [0.1, 0.15) is 0 Å². The Morgan fingerprint density at radius 2 is 1.80 bits per heavy atom. The van der Waals surface area contributed by atoms with Crippen molar-refractivity contribution in [2.45, 2.75) is 4.90 Å². The monoisotopic (exact) mass is 396 g/mol. The van der Waals surface area contributed by atoms with Crippen LogP contribution in [0.2, 0.25) is 10.0 Å². The third-order valence-corrected chi connectivity index (χ3v) is 5.07. The molecule has 0 fully saturated rings. The van der Waals surface area contributed by atoms with E-state index in [4.69, 9.17) is 23.2 Å². The molecular formula is C15H10Cl2N4O3S. The summed E-state index contributed by atoms with van der Waals surface area (Å²) < 4.78 is 27.6. The summed E-state index contributed by atoms with van der Waals surface area (Å²) in [6, 6.07) is 12.1. The molecule has 1 N–H and O–H groups in total. The van der Waals surface area contributed by atoms with E-state index in [1.807, 2.05) is 0 Å². The molecule has 128 valence electrons. The highest BCUT2D eigenvalue weighted by molar-refractivity contribution is 7.92. The van der Waals surface area contributed by atoms with Gasteiger partial charge >= 0.3 is 0 Å². The van der Waals surface area contributed by atoms with Crippen LogP contribution in [0.4, 0.5) is 5.82 Å². The minimum atomic E-state index is -3.82. The molecule has 0 aliphatic rings. The highest BCUT2D eigenvalue weighted by atomic mass is 35.5. The third kappa shape index (κ3) is 3.81. The SMILES string of the molecule is O=C(c1ccc(Cl)cc1Cl)n1cc(NS(=O)(=O)c2ccccc2)nn1. The summed E-state index contributed by atoms with van der Waals surface area (Å²) >= 11 is 11.8. The fourth-order valence-electron chi connectivity index (χ4n) is 1.99. The molecule has 1 aromatic heterocycles. The van der Waals surface area contributed by atoms with E-state index in [2.05, 4.69) is 15.0 Å². The molecule has 0 aliphatic heterocycles. The van der Waals surface area contributed by atoms with Gasteiger partial charge in [-0.15, -0.1) is 5.10 Å².